The Morgan fingerprint density at radius 1 is 1.20 bits per heavy atom. The van der Waals surface area contributed by atoms with E-state index in [1.54, 1.807) is 19.2 Å². The van der Waals surface area contributed by atoms with Crippen LogP contribution < -0.4 is 5.32 Å². The number of unbranched alkanes of at least 4 members (excludes halogenated alkanes) is 2. The molecule has 0 atom stereocenters. The van der Waals surface area contributed by atoms with E-state index in [1.807, 2.05) is 0 Å². The monoisotopic (exact) mass is 283 g/mol. The highest BCUT2D eigenvalue weighted by molar-refractivity contribution is 5.91. The van der Waals surface area contributed by atoms with Gasteiger partial charge in [-0.15, -0.1) is 0 Å². The summed E-state index contributed by atoms with van der Waals surface area (Å²) in [5.74, 6) is 0.470. The van der Waals surface area contributed by atoms with Crippen LogP contribution in [0.2, 0.25) is 0 Å². The topological polar surface area (TPSA) is 77.8 Å². The molecule has 1 rings (SSSR count). The summed E-state index contributed by atoms with van der Waals surface area (Å²) in [6, 6.07) is 3.34. The molecule has 1 N–H and O–H groups in total. The first kappa shape index (κ1) is 16.2. The molecule has 0 aliphatic carbocycles. The lowest BCUT2D eigenvalue weighted by Gasteiger charge is -2.03. The zero-order valence-electron chi connectivity index (χ0n) is 11.9. The number of hydrogen-bond acceptors (Lipinski definition) is 5. The van der Waals surface area contributed by atoms with Gasteiger partial charge in [-0.2, -0.15) is 0 Å². The van der Waals surface area contributed by atoms with Crippen LogP contribution in [0.4, 0.5) is 0 Å². The Bertz CT molecular complexity index is 427. The second-order valence-corrected chi connectivity index (χ2v) is 4.34. The van der Waals surface area contributed by atoms with Gasteiger partial charge in [0.1, 0.15) is 12.4 Å². The smallest absolute Gasteiger partial charge is 0.305 e. The zero-order chi connectivity index (χ0) is 14.8. The average Bonchev–Trinajstić information content (AvgIpc) is 2.91. The van der Waals surface area contributed by atoms with Crippen molar-refractivity contribution >= 4 is 11.9 Å². The first-order valence-electron chi connectivity index (χ1n) is 6.60. The normalized spacial score (nSPS) is 10.3. The van der Waals surface area contributed by atoms with Gasteiger partial charge >= 0.3 is 5.97 Å². The number of furan rings is 1. The van der Waals surface area contributed by atoms with Gasteiger partial charge in [0.15, 0.2) is 5.76 Å². The Balaban J connectivity index is 2.14. The van der Waals surface area contributed by atoms with Crippen molar-refractivity contribution in [3.63, 3.8) is 0 Å². The minimum atomic E-state index is -0.236. The van der Waals surface area contributed by atoms with E-state index in [0.29, 0.717) is 25.3 Å². The van der Waals surface area contributed by atoms with E-state index in [9.17, 15) is 9.59 Å². The lowest BCUT2D eigenvalue weighted by molar-refractivity contribution is -0.140. The number of amides is 1. The van der Waals surface area contributed by atoms with Crippen molar-refractivity contribution in [1.82, 2.24) is 5.32 Å². The molecule has 0 spiro atoms. The molecule has 20 heavy (non-hydrogen) atoms. The van der Waals surface area contributed by atoms with Crippen molar-refractivity contribution < 1.29 is 23.5 Å². The quantitative estimate of drug-likeness (QED) is 0.553. The summed E-state index contributed by atoms with van der Waals surface area (Å²) in [7, 11) is 2.94. The lowest BCUT2D eigenvalue weighted by atomic mass is 10.2. The third-order valence-corrected chi connectivity index (χ3v) is 2.74. The van der Waals surface area contributed by atoms with Crippen molar-refractivity contribution in [2.24, 2.45) is 0 Å². The van der Waals surface area contributed by atoms with Gasteiger partial charge in [-0.05, 0) is 25.0 Å². The maximum atomic E-state index is 11.7. The van der Waals surface area contributed by atoms with Gasteiger partial charge in [-0.25, -0.2) is 0 Å². The first-order valence-corrected chi connectivity index (χ1v) is 6.60. The second kappa shape index (κ2) is 9.14. The molecule has 0 bridgehead atoms. The number of esters is 1. The molecule has 1 aromatic rings. The molecule has 0 saturated heterocycles. The second-order valence-electron chi connectivity index (χ2n) is 4.34. The van der Waals surface area contributed by atoms with Gasteiger partial charge in [0.25, 0.3) is 5.91 Å². The fraction of sp³-hybridized carbons (Fsp3) is 0.571. The third-order valence-electron chi connectivity index (χ3n) is 2.74. The minimum Gasteiger partial charge on any atom is -0.469 e. The van der Waals surface area contributed by atoms with Crippen LogP contribution in [0.15, 0.2) is 16.5 Å². The highest BCUT2D eigenvalue weighted by Crippen LogP contribution is 2.08. The summed E-state index contributed by atoms with van der Waals surface area (Å²) in [5.41, 5.74) is 0. The number of methoxy groups -OCH3 is 2. The molecule has 6 nitrogen and oxygen atoms in total. The molecule has 1 amide bonds. The van der Waals surface area contributed by atoms with Crippen LogP contribution in [0.1, 0.15) is 42.0 Å². The Labute approximate surface area is 118 Å². The summed E-state index contributed by atoms with van der Waals surface area (Å²) in [4.78, 5) is 22.6. The van der Waals surface area contributed by atoms with Gasteiger partial charge in [0.05, 0.1) is 7.11 Å². The Morgan fingerprint density at radius 3 is 2.70 bits per heavy atom. The molecule has 0 aliphatic rings. The Kier molecular flexibility index (Phi) is 7.42. The van der Waals surface area contributed by atoms with Gasteiger partial charge in [-0.3, -0.25) is 9.59 Å². The molecule has 0 unspecified atom stereocenters. The van der Waals surface area contributed by atoms with E-state index >= 15 is 0 Å². The Morgan fingerprint density at radius 2 is 2.00 bits per heavy atom. The van der Waals surface area contributed by atoms with Gasteiger partial charge in [0, 0.05) is 20.1 Å². The average molecular weight is 283 g/mol. The summed E-state index contributed by atoms with van der Waals surface area (Å²) < 4.78 is 14.8. The summed E-state index contributed by atoms with van der Waals surface area (Å²) in [6.07, 6.45) is 2.86. The third kappa shape index (κ3) is 5.88. The predicted octanol–water partition coefficient (Wildman–Crippen LogP) is 1.89. The number of nitrogens with one attached hydrogen (secondary N) is 1. The Hall–Kier alpha value is -1.82. The standard InChI is InChI=1S/C14H21NO5/c1-18-10-11-7-8-12(20-11)14(17)15-9-5-3-4-6-13(16)19-2/h7-8H,3-6,9-10H2,1-2H3,(H,15,17). The summed E-state index contributed by atoms with van der Waals surface area (Å²) in [6.45, 7) is 0.904. The van der Waals surface area contributed by atoms with Crippen LogP contribution in [-0.2, 0) is 20.9 Å². The van der Waals surface area contributed by atoms with E-state index in [0.717, 1.165) is 19.3 Å². The van der Waals surface area contributed by atoms with E-state index < -0.39 is 0 Å². The minimum absolute atomic E-state index is 0.199. The van der Waals surface area contributed by atoms with Crippen LogP contribution in [-0.4, -0.2) is 32.6 Å². The molecule has 0 saturated carbocycles. The van der Waals surface area contributed by atoms with Crippen LogP contribution >= 0.6 is 0 Å². The number of rotatable bonds is 9. The molecule has 0 radical (unpaired) electrons. The number of carbonyl (C=O) groups is 2. The molecular weight excluding hydrogens is 262 g/mol. The van der Waals surface area contributed by atoms with E-state index in [-0.39, 0.29) is 17.6 Å². The maximum Gasteiger partial charge on any atom is 0.305 e. The molecule has 6 heteroatoms. The molecule has 0 fully saturated rings. The van der Waals surface area contributed by atoms with Gasteiger partial charge in [-0.1, -0.05) is 6.42 Å². The maximum absolute atomic E-state index is 11.7. The fourth-order valence-electron chi connectivity index (χ4n) is 1.68. The van der Waals surface area contributed by atoms with Crippen LogP contribution in [0, 0.1) is 0 Å². The molecule has 1 aromatic heterocycles. The fourth-order valence-corrected chi connectivity index (χ4v) is 1.68. The van der Waals surface area contributed by atoms with Crippen LogP contribution in [0.5, 0.6) is 0 Å². The number of hydrogen-bond donors (Lipinski definition) is 1. The first-order chi connectivity index (χ1) is 9.67. The molecular formula is C14H21NO5. The van der Waals surface area contributed by atoms with E-state index in [2.05, 4.69) is 10.1 Å². The highest BCUT2D eigenvalue weighted by atomic mass is 16.5. The van der Waals surface area contributed by atoms with Gasteiger partial charge in [0.2, 0.25) is 0 Å². The summed E-state index contributed by atoms with van der Waals surface area (Å²) >= 11 is 0. The lowest BCUT2D eigenvalue weighted by Crippen LogP contribution is -2.23. The van der Waals surface area contributed by atoms with Crippen LogP contribution in [0.25, 0.3) is 0 Å². The van der Waals surface area contributed by atoms with Crippen LogP contribution in [0.3, 0.4) is 0 Å². The molecule has 0 aliphatic heterocycles. The van der Waals surface area contributed by atoms with Crippen molar-refractivity contribution in [1.29, 1.82) is 0 Å². The number of ether oxygens (including phenoxy) is 2. The van der Waals surface area contributed by atoms with Crippen molar-refractivity contribution in [3.05, 3.63) is 23.7 Å². The van der Waals surface area contributed by atoms with Crippen molar-refractivity contribution in [3.8, 4) is 0 Å². The molecule has 0 aromatic carbocycles. The molecule has 112 valence electrons. The van der Waals surface area contributed by atoms with Crippen molar-refractivity contribution in [2.45, 2.75) is 32.3 Å². The summed E-state index contributed by atoms with van der Waals surface area (Å²) in [5, 5.41) is 2.77. The predicted molar refractivity (Wildman–Crippen MR) is 72.2 cm³/mol. The van der Waals surface area contributed by atoms with E-state index in [1.165, 1.54) is 7.11 Å². The number of carbonyl (C=O) groups excluding carboxylic acids is 2. The molecule has 1 heterocycles. The van der Waals surface area contributed by atoms with E-state index in [4.69, 9.17) is 9.15 Å². The highest BCUT2D eigenvalue weighted by Gasteiger charge is 2.10. The van der Waals surface area contributed by atoms with Crippen molar-refractivity contribution in [2.75, 3.05) is 20.8 Å². The SMILES string of the molecule is COCc1ccc(C(=O)NCCCCCC(=O)OC)o1. The zero-order valence-corrected chi connectivity index (χ0v) is 11.9. The van der Waals surface area contributed by atoms with Gasteiger partial charge < -0.3 is 19.2 Å². The largest absolute Gasteiger partial charge is 0.469 e.